The lowest BCUT2D eigenvalue weighted by molar-refractivity contribution is -0.140. The first-order valence-corrected chi connectivity index (χ1v) is 12.0. The molecule has 7 heteroatoms. The lowest BCUT2D eigenvalue weighted by Crippen LogP contribution is -2.51. The average Bonchev–Trinajstić information content (AvgIpc) is 2.67. The van der Waals surface area contributed by atoms with Crippen LogP contribution in [0.4, 0.5) is 15.8 Å². The third-order valence-electron chi connectivity index (χ3n) is 7.02. The van der Waals surface area contributed by atoms with E-state index < -0.39 is 15.8 Å². The van der Waals surface area contributed by atoms with Crippen LogP contribution in [0.25, 0.3) is 0 Å². The van der Waals surface area contributed by atoms with Gasteiger partial charge in [-0.1, -0.05) is 6.07 Å². The van der Waals surface area contributed by atoms with E-state index in [4.69, 9.17) is 0 Å². The van der Waals surface area contributed by atoms with E-state index in [1.807, 2.05) is 0 Å². The molecule has 2 aromatic carbocycles. The Morgan fingerprint density at radius 1 is 0.900 bits per heavy atom. The Kier molecular flexibility index (Phi) is 4.61. The maximum Gasteiger partial charge on any atom is 0.261 e. The van der Waals surface area contributed by atoms with Gasteiger partial charge in [-0.3, -0.25) is 9.52 Å². The normalized spacial score (nSPS) is 29.6. The summed E-state index contributed by atoms with van der Waals surface area (Å²) in [6, 6.07) is 11.4. The Morgan fingerprint density at radius 2 is 1.50 bits per heavy atom. The second kappa shape index (κ2) is 7.08. The zero-order chi connectivity index (χ0) is 20.9. The van der Waals surface area contributed by atoms with Gasteiger partial charge in [-0.2, -0.15) is 0 Å². The number of sulfonamides is 1. The number of hydrogen-bond donors (Lipinski definition) is 2. The summed E-state index contributed by atoms with van der Waals surface area (Å²) in [5.74, 6) is 1.61. The monoisotopic (exact) mass is 428 g/mol. The number of carbonyl (C=O) groups is 1. The molecule has 2 N–H and O–H groups in total. The van der Waals surface area contributed by atoms with Crippen molar-refractivity contribution < 1.29 is 17.6 Å². The quantitative estimate of drug-likeness (QED) is 0.720. The zero-order valence-corrected chi connectivity index (χ0v) is 17.4. The fourth-order valence-corrected chi connectivity index (χ4v) is 7.19. The van der Waals surface area contributed by atoms with Gasteiger partial charge in [0.25, 0.3) is 10.0 Å². The van der Waals surface area contributed by atoms with Crippen LogP contribution in [0.5, 0.6) is 0 Å². The molecule has 0 spiro atoms. The number of benzene rings is 2. The van der Waals surface area contributed by atoms with Crippen molar-refractivity contribution >= 4 is 27.3 Å². The lowest BCUT2D eigenvalue weighted by Gasteiger charge is -2.55. The van der Waals surface area contributed by atoms with Gasteiger partial charge < -0.3 is 5.32 Å². The second-order valence-electron chi connectivity index (χ2n) is 9.29. The third-order valence-corrected chi connectivity index (χ3v) is 8.42. The van der Waals surface area contributed by atoms with Crippen LogP contribution in [-0.4, -0.2) is 14.3 Å². The zero-order valence-electron chi connectivity index (χ0n) is 16.6. The van der Waals surface area contributed by atoms with Crippen LogP contribution in [-0.2, 0) is 14.8 Å². The van der Waals surface area contributed by atoms with Crippen LogP contribution in [0, 0.1) is 29.0 Å². The van der Waals surface area contributed by atoms with Crippen LogP contribution in [0.3, 0.4) is 0 Å². The summed E-state index contributed by atoms with van der Waals surface area (Å²) in [5.41, 5.74) is 0.507. The topological polar surface area (TPSA) is 75.3 Å². The van der Waals surface area contributed by atoms with Gasteiger partial charge in [0, 0.05) is 5.69 Å². The van der Waals surface area contributed by atoms with Gasteiger partial charge >= 0.3 is 0 Å². The fourth-order valence-electron chi connectivity index (χ4n) is 6.14. The number of rotatable bonds is 5. The molecular formula is C23H25FN2O3S. The molecule has 0 aromatic heterocycles. The minimum Gasteiger partial charge on any atom is -0.326 e. The standard InChI is InChI=1S/C23H25FN2O3S/c24-18-2-1-3-20(11-18)26-30(28,29)21-6-4-19(5-7-21)25-22(27)23-12-15-8-16(13-23)10-17(9-15)14-23/h1-7,11,15-17,26H,8-10,12-14H2,(H,25,27). The highest BCUT2D eigenvalue weighted by molar-refractivity contribution is 7.92. The van der Waals surface area contributed by atoms with Crippen molar-refractivity contribution in [3.8, 4) is 0 Å². The van der Waals surface area contributed by atoms with Crippen molar-refractivity contribution in [1.29, 1.82) is 0 Å². The smallest absolute Gasteiger partial charge is 0.261 e. The molecule has 0 aliphatic heterocycles. The van der Waals surface area contributed by atoms with Crippen LogP contribution >= 0.6 is 0 Å². The molecule has 4 saturated carbocycles. The van der Waals surface area contributed by atoms with Gasteiger partial charge in [-0.25, -0.2) is 12.8 Å². The number of halogens is 1. The molecule has 30 heavy (non-hydrogen) atoms. The van der Waals surface area contributed by atoms with E-state index in [1.54, 1.807) is 12.1 Å². The molecule has 0 unspecified atom stereocenters. The van der Waals surface area contributed by atoms with Gasteiger partial charge in [-0.05, 0) is 98.7 Å². The van der Waals surface area contributed by atoms with Crippen LogP contribution in [0.2, 0.25) is 0 Å². The molecule has 0 heterocycles. The van der Waals surface area contributed by atoms with E-state index in [0.29, 0.717) is 23.4 Å². The van der Waals surface area contributed by atoms with Gasteiger partial charge in [0.1, 0.15) is 5.82 Å². The summed E-state index contributed by atoms with van der Waals surface area (Å²) in [5, 5.41) is 3.03. The number of amides is 1. The highest BCUT2D eigenvalue weighted by Crippen LogP contribution is 2.60. The van der Waals surface area contributed by atoms with E-state index in [2.05, 4.69) is 10.0 Å². The molecule has 4 aliphatic rings. The highest BCUT2D eigenvalue weighted by atomic mass is 32.2. The van der Waals surface area contributed by atoms with Gasteiger partial charge in [0.2, 0.25) is 5.91 Å². The molecular weight excluding hydrogens is 403 g/mol. The maximum atomic E-state index is 13.3. The highest BCUT2D eigenvalue weighted by Gasteiger charge is 2.54. The molecule has 6 rings (SSSR count). The predicted molar refractivity (Wildman–Crippen MR) is 113 cm³/mol. The fraction of sp³-hybridized carbons (Fsp3) is 0.435. The molecule has 158 valence electrons. The first-order chi connectivity index (χ1) is 14.3. The summed E-state index contributed by atoms with van der Waals surface area (Å²) < 4.78 is 40.8. The van der Waals surface area contributed by atoms with Crippen molar-refractivity contribution in [2.75, 3.05) is 10.0 Å². The Bertz CT molecular complexity index is 1050. The van der Waals surface area contributed by atoms with Crippen molar-refractivity contribution in [1.82, 2.24) is 0 Å². The molecule has 0 radical (unpaired) electrons. The predicted octanol–water partition coefficient (Wildman–Crippen LogP) is 4.78. The Hall–Kier alpha value is -2.41. The van der Waals surface area contributed by atoms with E-state index >= 15 is 0 Å². The number of hydrogen-bond acceptors (Lipinski definition) is 3. The van der Waals surface area contributed by atoms with Crippen molar-refractivity contribution in [3.05, 3.63) is 54.3 Å². The van der Waals surface area contributed by atoms with Gasteiger partial charge in [0.05, 0.1) is 16.0 Å². The Morgan fingerprint density at radius 3 is 2.07 bits per heavy atom. The number of nitrogens with one attached hydrogen (secondary N) is 2. The van der Waals surface area contributed by atoms with Crippen molar-refractivity contribution in [3.63, 3.8) is 0 Å². The van der Waals surface area contributed by atoms with Crippen molar-refractivity contribution in [2.24, 2.45) is 23.2 Å². The number of carbonyl (C=O) groups excluding carboxylic acids is 1. The molecule has 5 nitrogen and oxygen atoms in total. The minimum absolute atomic E-state index is 0.0552. The van der Waals surface area contributed by atoms with Crippen LogP contribution in [0.1, 0.15) is 38.5 Å². The molecule has 0 saturated heterocycles. The maximum absolute atomic E-state index is 13.3. The van der Waals surface area contributed by atoms with E-state index in [0.717, 1.165) is 25.3 Å². The van der Waals surface area contributed by atoms with E-state index in [9.17, 15) is 17.6 Å². The van der Waals surface area contributed by atoms with Gasteiger partial charge in [0.15, 0.2) is 0 Å². The largest absolute Gasteiger partial charge is 0.326 e. The average molecular weight is 429 g/mol. The molecule has 2 aromatic rings. The summed E-state index contributed by atoms with van der Waals surface area (Å²) in [7, 11) is -3.84. The first-order valence-electron chi connectivity index (χ1n) is 10.5. The van der Waals surface area contributed by atoms with Crippen LogP contribution < -0.4 is 10.0 Å². The summed E-state index contributed by atoms with van der Waals surface area (Å²) >= 11 is 0. The first kappa shape index (κ1) is 19.5. The molecule has 4 fully saturated rings. The third kappa shape index (κ3) is 3.60. The lowest BCUT2D eigenvalue weighted by atomic mass is 9.49. The van der Waals surface area contributed by atoms with E-state index in [1.165, 1.54) is 49.6 Å². The Balaban J connectivity index is 1.29. The molecule has 0 atom stereocenters. The molecule has 1 amide bonds. The van der Waals surface area contributed by atoms with Crippen LogP contribution in [0.15, 0.2) is 53.4 Å². The summed E-state index contributed by atoms with van der Waals surface area (Å²) in [6.45, 7) is 0. The molecule has 4 aliphatic carbocycles. The number of anilines is 2. The summed E-state index contributed by atoms with van der Waals surface area (Å²) in [4.78, 5) is 13.2. The van der Waals surface area contributed by atoms with Gasteiger partial charge in [-0.15, -0.1) is 0 Å². The SMILES string of the molecule is O=C(Nc1ccc(S(=O)(=O)Nc2cccc(F)c2)cc1)C12CC3CC(CC(C3)C1)C2. The van der Waals surface area contributed by atoms with E-state index in [-0.39, 0.29) is 21.9 Å². The minimum atomic E-state index is -3.84. The Labute approximate surface area is 176 Å². The second-order valence-corrected chi connectivity index (χ2v) is 11.0. The van der Waals surface area contributed by atoms with Crippen molar-refractivity contribution in [2.45, 2.75) is 43.4 Å². The molecule has 4 bridgehead atoms. The summed E-state index contributed by atoms with van der Waals surface area (Å²) in [6.07, 6.45) is 6.77.